The van der Waals surface area contributed by atoms with Crippen LogP contribution in [-0.2, 0) is 4.74 Å². The molecule has 1 saturated carbocycles. The second-order valence-electron chi connectivity index (χ2n) is 10.5. The standard InChI is InChI=1S/C30H34FN3O2/c1-18-2-4-19(5-3-18)27-20(14-15-35)10-13-26-30(36-26)29(21-8-11-24(33)12-9-21)34-28(27)22-6-7-23(17-32)25(31)16-22/h2-7,16,20-21,24,26,30,35H,8-15,33H2,1H3/b28-27-,34-29-. The lowest BCUT2D eigenvalue weighted by Crippen LogP contribution is -2.32. The molecule has 3 aliphatic rings. The highest BCUT2D eigenvalue weighted by Gasteiger charge is 2.46. The first kappa shape index (κ1) is 24.8. The van der Waals surface area contributed by atoms with Gasteiger partial charge in [-0.25, -0.2) is 4.39 Å². The fourth-order valence-corrected chi connectivity index (χ4v) is 5.84. The summed E-state index contributed by atoms with van der Waals surface area (Å²) in [5, 5.41) is 19.3. The third kappa shape index (κ3) is 5.15. The van der Waals surface area contributed by atoms with Crippen LogP contribution >= 0.6 is 0 Å². The number of hydrogen-bond acceptors (Lipinski definition) is 5. The number of nitrogens with two attached hydrogens (primary N) is 1. The summed E-state index contributed by atoms with van der Waals surface area (Å²) in [7, 11) is 0. The molecular formula is C30H34FN3O2. The van der Waals surface area contributed by atoms with Crippen LogP contribution in [-0.4, -0.2) is 35.7 Å². The number of rotatable bonds is 5. The molecule has 1 saturated heterocycles. The molecule has 3 N–H and O–H groups in total. The molecule has 3 unspecified atom stereocenters. The molecule has 0 bridgehead atoms. The molecule has 5 rings (SSSR count). The van der Waals surface area contributed by atoms with Crippen LogP contribution in [0.2, 0.25) is 0 Å². The van der Waals surface area contributed by atoms with E-state index in [2.05, 4.69) is 31.2 Å². The normalized spacial score (nSPS) is 31.8. The number of epoxide rings is 1. The van der Waals surface area contributed by atoms with E-state index in [4.69, 9.17) is 15.5 Å². The summed E-state index contributed by atoms with van der Waals surface area (Å²) < 4.78 is 21.1. The Balaban J connectivity index is 1.74. The number of benzene rings is 2. The molecule has 2 fully saturated rings. The summed E-state index contributed by atoms with van der Waals surface area (Å²) in [6, 6.07) is 15.3. The van der Waals surface area contributed by atoms with Gasteiger partial charge in [0.25, 0.3) is 0 Å². The number of aliphatic hydroxyl groups is 1. The highest BCUT2D eigenvalue weighted by Crippen LogP contribution is 2.44. The second-order valence-corrected chi connectivity index (χ2v) is 10.5. The molecule has 2 aliphatic heterocycles. The molecule has 2 aromatic carbocycles. The first-order chi connectivity index (χ1) is 17.5. The Labute approximate surface area is 212 Å². The molecule has 5 nitrogen and oxygen atoms in total. The van der Waals surface area contributed by atoms with Crippen molar-refractivity contribution >= 4 is 17.0 Å². The maximum Gasteiger partial charge on any atom is 0.141 e. The molecule has 6 heteroatoms. The minimum absolute atomic E-state index is 0.0160. The van der Waals surface area contributed by atoms with Crippen molar-refractivity contribution < 1.29 is 14.2 Å². The highest BCUT2D eigenvalue weighted by atomic mass is 19.1. The number of fused-ring (bicyclic) bond motifs is 1. The van der Waals surface area contributed by atoms with Crippen molar-refractivity contribution in [3.63, 3.8) is 0 Å². The van der Waals surface area contributed by atoms with Gasteiger partial charge < -0.3 is 15.6 Å². The lowest BCUT2D eigenvalue weighted by Gasteiger charge is -2.28. The predicted molar refractivity (Wildman–Crippen MR) is 140 cm³/mol. The summed E-state index contributed by atoms with van der Waals surface area (Å²) in [4.78, 5) is 5.35. The lowest BCUT2D eigenvalue weighted by molar-refractivity contribution is 0.265. The second kappa shape index (κ2) is 10.6. The van der Waals surface area contributed by atoms with E-state index in [1.807, 2.05) is 6.07 Å². The molecular weight excluding hydrogens is 453 g/mol. The van der Waals surface area contributed by atoms with Gasteiger partial charge in [0.15, 0.2) is 0 Å². The fourth-order valence-electron chi connectivity index (χ4n) is 5.84. The van der Waals surface area contributed by atoms with E-state index in [-0.39, 0.29) is 42.3 Å². The van der Waals surface area contributed by atoms with E-state index in [1.54, 1.807) is 6.07 Å². The molecule has 36 heavy (non-hydrogen) atoms. The highest BCUT2D eigenvalue weighted by molar-refractivity contribution is 6.02. The largest absolute Gasteiger partial charge is 0.396 e. The summed E-state index contributed by atoms with van der Waals surface area (Å²) in [5.74, 6) is -0.226. The van der Waals surface area contributed by atoms with Crippen LogP contribution in [0.15, 0.2) is 47.5 Å². The number of halogens is 1. The smallest absolute Gasteiger partial charge is 0.141 e. The van der Waals surface area contributed by atoms with Crippen LogP contribution < -0.4 is 5.73 Å². The average Bonchev–Trinajstić information content (AvgIpc) is 3.64. The number of ether oxygens (including phenoxy) is 1. The number of allylic oxidation sites excluding steroid dienone is 1. The van der Waals surface area contributed by atoms with Gasteiger partial charge in [-0.15, -0.1) is 0 Å². The average molecular weight is 488 g/mol. The Morgan fingerprint density at radius 2 is 1.78 bits per heavy atom. The van der Waals surface area contributed by atoms with E-state index < -0.39 is 5.82 Å². The monoisotopic (exact) mass is 487 g/mol. The van der Waals surface area contributed by atoms with Crippen LogP contribution in [0.3, 0.4) is 0 Å². The first-order valence-corrected chi connectivity index (χ1v) is 13.1. The molecule has 0 radical (unpaired) electrons. The summed E-state index contributed by atoms with van der Waals surface area (Å²) in [6.07, 6.45) is 6.32. The van der Waals surface area contributed by atoms with Crippen LogP contribution in [0.5, 0.6) is 0 Å². The summed E-state index contributed by atoms with van der Waals surface area (Å²) in [5.41, 5.74) is 11.8. The van der Waals surface area contributed by atoms with Gasteiger partial charge in [0.05, 0.1) is 23.1 Å². The third-order valence-electron chi connectivity index (χ3n) is 7.97. The number of nitrogens with zero attached hydrogens (tertiary/aromatic N) is 2. The van der Waals surface area contributed by atoms with Gasteiger partial charge in [0.1, 0.15) is 18.0 Å². The maximum atomic E-state index is 14.9. The molecule has 0 spiro atoms. The zero-order valence-corrected chi connectivity index (χ0v) is 20.8. The van der Waals surface area contributed by atoms with Crippen molar-refractivity contribution in [3.05, 3.63) is 70.5 Å². The van der Waals surface area contributed by atoms with Gasteiger partial charge >= 0.3 is 0 Å². The first-order valence-electron chi connectivity index (χ1n) is 13.1. The summed E-state index contributed by atoms with van der Waals surface area (Å²) in [6.45, 7) is 2.11. The predicted octanol–water partition coefficient (Wildman–Crippen LogP) is 5.39. The SMILES string of the molecule is Cc1ccc(/C2=C(c3ccc(C#N)c(F)c3)/N=C(/C3CCC(N)CC3)C3OC3CCC2CCO)cc1. The Hall–Kier alpha value is -2.85. The molecule has 1 aliphatic carbocycles. The van der Waals surface area contributed by atoms with Crippen molar-refractivity contribution in [2.45, 2.75) is 70.1 Å². The minimum Gasteiger partial charge on any atom is -0.396 e. The topological polar surface area (TPSA) is 94.9 Å². The number of aliphatic imine (C=N–C) groups is 1. The van der Waals surface area contributed by atoms with Crippen molar-refractivity contribution in [1.82, 2.24) is 0 Å². The number of aliphatic hydroxyl groups excluding tert-OH is 1. The molecule has 0 aromatic heterocycles. The van der Waals surface area contributed by atoms with Gasteiger partial charge in [0.2, 0.25) is 0 Å². The molecule has 2 heterocycles. The fraction of sp³-hybridized carbons (Fsp3) is 0.467. The van der Waals surface area contributed by atoms with Crippen molar-refractivity contribution in [1.29, 1.82) is 5.26 Å². The van der Waals surface area contributed by atoms with Crippen LogP contribution in [0.4, 0.5) is 4.39 Å². The minimum atomic E-state index is -0.551. The van der Waals surface area contributed by atoms with E-state index >= 15 is 0 Å². The quantitative estimate of drug-likeness (QED) is 0.553. The van der Waals surface area contributed by atoms with Crippen molar-refractivity contribution in [3.8, 4) is 6.07 Å². The van der Waals surface area contributed by atoms with Crippen LogP contribution in [0.25, 0.3) is 11.3 Å². The molecule has 0 amide bonds. The van der Waals surface area contributed by atoms with Gasteiger partial charge in [-0.2, -0.15) is 5.26 Å². The zero-order valence-electron chi connectivity index (χ0n) is 20.8. The lowest BCUT2D eigenvalue weighted by atomic mass is 9.81. The maximum absolute atomic E-state index is 14.9. The van der Waals surface area contributed by atoms with Crippen LogP contribution in [0.1, 0.15) is 67.2 Å². The molecule has 2 aromatic rings. The molecule has 188 valence electrons. The number of aryl methyl sites for hydroxylation is 1. The van der Waals surface area contributed by atoms with Gasteiger partial charge in [-0.1, -0.05) is 35.9 Å². The summed E-state index contributed by atoms with van der Waals surface area (Å²) >= 11 is 0. The van der Waals surface area contributed by atoms with Crippen molar-refractivity contribution in [2.75, 3.05) is 6.61 Å². The third-order valence-corrected chi connectivity index (χ3v) is 7.97. The van der Waals surface area contributed by atoms with E-state index in [0.717, 1.165) is 66.6 Å². The van der Waals surface area contributed by atoms with E-state index in [1.165, 1.54) is 12.1 Å². The van der Waals surface area contributed by atoms with Crippen LogP contribution in [0, 0.1) is 35.9 Å². The Kier molecular flexibility index (Phi) is 7.34. The van der Waals surface area contributed by atoms with Gasteiger partial charge in [0, 0.05) is 24.1 Å². The van der Waals surface area contributed by atoms with Gasteiger partial charge in [-0.05, 0) is 81.1 Å². The Morgan fingerprint density at radius 3 is 2.44 bits per heavy atom. The number of nitriles is 1. The zero-order chi connectivity index (χ0) is 25.2. The Bertz CT molecular complexity index is 1210. The van der Waals surface area contributed by atoms with Gasteiger partial charge in [-0.3, -0.25) is 4.99 Å². The van der Waals surface area contributed by atoms with Crippen molar-refractivity contribution in [2.24, 2.45) is 22.6 Å². The van der Waals surface area contributed by atoms with E-state index in [9.17, 15) is 14.8 Å². The molecule has 3 atom stereocenters. The Morgan fingerprint density at radius 1 is 1.06 bits per heavy atom. The number of hydrogen-bond donors (Lipinski definition) is 2. The van der Waals surface area contributed by atoms with E-state index in [0.29, 0.717) is 12.0 Å².